The second-order valence-corrected chi connectivity index (χ2v) is 11.5. The fourth-order valence-corrected chi connectivity index (χ4v) is 5.11. The van der Waals surface area contributed by atoms with Crippen LogP contribution in [0.3, 0.4) is 0 Å². The molecule has 0 aliphatic rings. The minimum absolute atomic E-state index is 0.00411. The van der Waals surface area contributed by atoms with Gasteiger partial charge in [0.25, 0.3) is 0 Å². The highest BCUT2D eigenvalue weighted by molar-refractivity contribution is 7.92. The summed E-state index contributed by atoms with van der Waals surface area (Å²) >= 11 is 0. The number of rotatable bonds is 10. The van der Waals surface area contributed by atoms with Gasteiger partial charge in [0.2, 0.25) is 5.91 Å². The summed E-state index contributed by atoms with van der Waals surface area (Å²) in [5.74, 6) is 0.686. The Morgan fingerprint density at radius 3 is 2.51 bits per heavy atom. The fourth-order valence-electron chi connectivity index (χ4n) is 3.91. The van der Waals surface area contributed by atoms with E-state index in [2.05, 4.69) is 20.6 Å². The number of carbonyl (C=O) groups is 2. The van der Waals surface area contributed by atoms with Crippen molar-refractivity contribution in [3.8, 4) is 0 Å². The molecular weight excluding hydrogens is 490 g/mol. The minimum Gasteiger partial charge on any atom is -0.357 e. The Balaban J connectivity index is 1.61. The van der Waals surface area contributed by atoms with Crippen molar-refractivity contribution in [1.29, 1.82) is 0 Å². The normalized spacial score (nSPS) is 11.6. The van der Waals surface area contributed by atoms with Crippen LogP contribution in [-0.2, 0) is 32.3 Å². The molecule has 0 bridgehead atoms. The van der Waals surface area contributed by atoms with E-state index in [0.29, 0.717) is 34.8 Å². The van der Waals surface area contributed by atoms with Crippen molar-refractivity contribution in [3.05, 3.63) is 77.7 Å². The van der Waals surface area contributed by atoms with Crippen LogP contribution in [0.25, 0.3) is 11.0 Å². The molecule has 0 fully saturated rings. The van der Waals surface area contributed by atoms with Gasteiger partial charge >= 0.3 is 0 Å². The number of Topliss-reactive ketones (excluding diaryl/α,β-unsaturated/α-hetero) is 1. The van der Waals surface area contributed by atoms with Crippen molar-refractivity contribution in [2.24, 2.45) is 0 Å². The standard InChI is InChI=1S/C27H29N5O4S/c1-17(2)37(35,36)24-10-5-4-9-22(24)31-27-26-23(11-12-28-26)30-25(32-27)15-20-8-6-7-19(13-20)14-21(34)16-29-18(3)33/h4-13,17,28H,14-16H2,1-3H3,(H,29,33)(H,30,31,32). The monoisotopic (exact) mass is 519 g/mol. The Kier molecular flexibility index (Phi) is 7.68. The second kappa shape index (κ2) is 10.9. The number of amides is 1. The van der Waals surface area contributed by atoms with E-state index >= 15 is 0 Å². The molecule has 10 heteroatoms. The van der Waals surface area contributed by atoms with E-state index in [-0.39, 0.29) is 29.6 Å². The summed E-state index contributed by atoms with van der Waals surface area (Å²) in [6, 6.07) is 16.2. The quantitative estimate of drug-likeness (QED) is 0.291. The molecule has 0 saturated heterocycles. The second-order valence-electron chi connectivity index (χ2n) is 9.06. The summed E-state index contributed by atoms with van der Waals surface area (Å²) in [4.78, 5) is 35.9. The molecule has 37 heavy (non-hydrogen) atoms. The van der Waals surface area contributed by atoms with Crippen LogP contribution < -0.4 is 10.6 Å². The van der Waals surface area contributed by atoms with Gasteiger partial charge in [0.15, 0.2) is 21.4 Å². The van der Waals surface area contributed by atoms with Gasteiger partial charge in [0, 0.05) is 26.0 Å². The van der Waals surface area contributed by atoms with Gasteiger partial charge in [-0.1, -0.05) is 36.4 Å². The maximum Gasteiger partial charge on any atom is 0.217 e. The first-order valence-electron chi connectivity index (χ1n) is 11.9. The number of nitrogens with one attached hydrogen (secondary N) is 3. The molecule has 2 heterocycles. The van der Waals surface area contributed by atoms with Crippen LogP contribution >= 0.6 is 0 Å². The molecule has 0 atom stereocenters. The number of carbonyl (C=O) groups excluding carboxylic acids is 2. The highest BCUT2D eigenvalue weighted by Gasteiger charge is 2.23. The molecule has 0 unspecified atom stereocenters. The molecule has 0 aliphatic carbocycles. The molecule has 2 aromatic heterocycles. The van der Waals surface area contributed by atoms with Crippen LogP contribution in [0.1, 0.15) is 37.7 Å². The Morgan fingerprint density at radius 1 is 1.00 bits per heavy atom. The molecule has 2 aromatic carbocycles. The number of aromatic amines is 1. The van der Waals surface area contributed by atoms with Crippen molar-refractivity contribution in [2.45, 2.75) is 43.8 Å². The predicted octanol–water partition coefficient (Wildman–Crippen LogP) is 3.72. The van der Waals surface area contributed by atoms with Gasteiger partial charge in [-0.2, -0.15) is 0 Å². The van der Waals surface area contributed by atoms with Gasteiger partial charge in [-0.25, -0.2) is 18.4 Å². The first-order chi connectivity index (χ1) is 17.6. The van der Waals surface area contributed by atoms with Gasteiger partial charge in [-0.05, 0) is 43.2 Å². The van der Waals surface area contributed by atoms with Crippen LogP contribution in [0.4, 0.5) is 11.5 Å². The molecule has 0 saturated carbocycles. The van der Waals surface area contributed by atoms with E-state index in [0.717, 1.165) is 11.1 Å². The molecular formula is C27H29N5O4S. The molecule has 1 amide bonds. The van der Waals surface area contributed by atoms with Crippen molar-refractivity contribution >= 4 is 44.1 Å². The molecule has 4 aromatic rings. The van der Waals surface area contributed by atoms with E-state index in [1.165, 1.54) is 6.92 Å². The molecule has 0 aliphatic heterocycles. The number of ketones is 1. The third-order valence-corrected chi connectivity index (χ3v) is 8.02. The minimum atomic E-state index is -3.52. The number of para-hydroxylation sites is 1. The lowest BCUT2D eigenvalue weighted by atomic mass is 10.0. The van der Waals surface area contributed by atoms with E-state index in [9.17, 15) is 18.0 Å². The number of hydrogen-bond donors (Lipinski definition) is 3. The van der Waals surface area contributed by atoms with Crippen molar-refractivity contribution in [2.75, 3.05) is 11.9 Å². The van der Waals surface area contributed by atoms with E-state index in [4.69, 9.17) is 4.98 Å². The fraction of sp³-hybridized carbons (Fsp3) is 0.259. The smallest absolute Gasteiger partial charge is 0.217 e. The first kappa shape index (κ1) is 26.0. The zero-order chi connectivity index (χ0) is 26.6. The van der Waals surface area contributed by atoms with E-state index < -0.39 is 15.1 Å². The number of fused-ring (bicyclic) bond motifs is 1. The third-order valence-electron chi connectivity index (χ3n) is 5.81. The Labute approximate surface area is 215 Å². The largest absolute Gasteiger partial charge is 0.357 e. The van der Waals surface area contributed by atoms with Crippen LogP contribution in [0.5, 0.6) is 0 Å². The van der Waals surface area contributed by atoms with Crippen molar-refractivity contribution in [1.82, 2.24) is 20.3 Å². The summed E-state index contributed by atoms with van der Waals surface area (Å²) < 4.78 is 25.8. The summed E-state index contributed by atoms with van der Waals surface area (Å²) in [6.45, 7) is 4.68. The zero-order valence-corrected chi connectivity index (χ0v) is 21.7. The number of nitrogens with zero attached hydrogens (tertiary/aromatic N) is 2. The molecule has 0 spiro atoms. The Bertz CT molecular complexity index is 1560. The van der Waals surface area contributed by atoms with Gasteiger partial charge < -0.3 is 15.6 Å². The highest BCUT2D eigenvalue weighted by atomic mass is 32.2. The van der Waals surface area contributed by atoms with Crippen LogP contribution in [0.2, 0.25) is 0 Å². The summed E-state index contributed by atoms with van der Waals surface area (Å²) in [7, 11) is -3.52. The van der Waals surface area contributed by atoms with Crippen molar-refractivity contribution in [3.63, 3.8) is 0 Å². The van der Waals surface area contributed by atoms with Crippen molar-refractivity contribution < 1.29 is 18.0 Å². The van der Waals surface area contributed by atoms with Crippen LogP contribution in [0.15, 0.2) is 65.7 Å². The summed E-state index contributed by atoms with van der Waals surface area (Å²) in [5.41, 5.74) is 3.56. The molecule has 3 N–H and O–H groups in total. The lowest BCUT2D eigenvalue weighted by Gasteiger charge is -2.15. The number of anilines is 2. The molecule has 192 valence electrons. The summed E-state index contributed by atoms with van der Waals surface area (Å²) in [6.07, 6.45) is 2.38. The van der Waals surface area contributed by atoms with Crippen LogP contribution in [-0.4, -0.2) is 46.9 Å². The molecule has 4 rings (SSSR count). The SMILES string of the molecule is CC(=O)NCC(=O)Cc1cccc(Cc2nc(Nc3ccccc3S(=O)(=O)C(C)C)c3[nH]ccc3n2)c1. The van der Waals surface area contributed by atoms with Gasteiger partial charge in [0.05, 0.1) is 27.9 Å². The van der Waals surface area contributed by atoms with Gasteiger partial charge in [-0.15, -0.1) is 0 Å². The first-order valence-corrected chi connectivity index (χ1v) is 13.5. The molecule has 9 nitrogen and oxygen atoms in total. The zero-order valence-electron chi connectivity index (χ0n) is 20.9. The Morgan fingerprint density at radius 2 is 1.76 bits per heavy atom. The topological polar surface area (TPSA) is 134 Å². The van der Waals surface area contributed by atoms with E-state index in [1.807, 2.05) is 30.3 Å². The third kappa shape index (κ3) is 6.21. The van der Waals surface area contributed by atoms with E-state index in [1.54, 1.807) is 44.3 Å². The number of sulfone groups is 1. The Hall–Kier alpha value is -4.05. The predicted molar refractivity (Wildman–Crippen MR) is 143 cm³/mol. The average molecular weight is 520 g/mol. The average Bonchev–Trinajstić information content (AvgIpc) is 3.32. The van der Waals surface area contributed by atoms with Crippen LogP contribution in [0, 0.1) is 0 Å². The number of aromatic nitrogens is 3. The lowest BCUT2D eigenvalue weighted by molar-refractivity contribution is -0.123. The number of hydrogen-bond acceptors (Lipinski definition) is 7. The molecule has 0 radical (unpaired) electrons. The van der Waals surface area contributed by atoms with Gasteiger partial charge in [-0.3, -0.25) is 9.59 Å². The maximum absolute atomic E-state index is 12.9. The lowest BCUT2D eigenvalue weighted by Crippen LogP contribution is -2.28. The van der Waals surface area contributed by atoms with Gasteiger partial charge in [0.1, 0.15) is 11.3 Å². The highest BCUT2D eigenvalue weighted by Crippen LogP contribution is 2.29. The number of benzene rings is 2. The maximum atomic E-state index is 12.9. The summed E-state index contributed by atoms with van der Waals surface area (Å²) in [5, 5.41) is 5.16. The number of H-pyrrole nitrogens is 1.